The average molecular weight is 691 g/mol. The summed E-state index contributed by atoms with van der Waals surface area (Å²) in [6.45, 7) is -2.93. The van der Waals surface area contributed by atoms with E-state index in [1.54, 1.807) is 0 Å². The van der Waals surface area contributed by atoms with Crippen molar-refractivity contribution in [3.63, 3.8) is 0 Å². The highest BCUT2D eigenvalue weighted by Gasteiger charge is 2.57. The minimum atomic E-state index is -2.91. The van der Waals surface area contributed by atoms with Crippen LogP contribution in [0.25, 0.3) is 0 Å². The number of carboxylic acid groups (broad SMARTS) is 1. The third-order valence-electron chi connectivity index (χ3n) is 7.97. The van der Waals surface area contributed by atoms with Crippen LogP contribution in [0, 0.1) is 0 Å². The number of aliphatic hydroxyl groups is 11. The molecule has 0 bridgehead atoms. The van der Waals surface area contributed by atoms with E-state index >= 15 is 0 Å². The molecule has 3 heterocycles. The molecule has 3 aliphatic heterocycles. The lowest BCUT2D eigenvalue weighted by Crippen LogP contribution is -2.69. The van der Waals surface area contributed by atoms with Crippen molar-refractivity contribution in [2.45, 2.75) is 111 Å². The molecule has 1 unspecified atom stereocenters. The van der Waals surface area contributed by atoms with Crippen LogP contribution < -0.4 is 10.6 Å². The molecule has 2 amide bonds. The van der Waals surface area contributed by atoms with Crippen LogP contribution in [0.3, 0.4) is 0 Å². The topological polar surface area (TPSA) is 364 Å². The third-order valence-corrected chi connectivity index (χ3v) is 7.97. The van der Waals surface area contributed by atoms with Crippen molar-refractivity contribution in [1.29, 1.82) is 0 Å². The lowest BCUT2D eigenvalue weighted by Gasteiger charge is -2.48. The van der Waals surface area contributed by atoms with E-state index in [-0.39, 0.29) is 0 Å². The third kappa shape index (κ3) is 8.69. The monoisotopic (exact) mass is 690 g/mol. The minimum absolute atomic E-state index is 0.713. The second-order valence-electron chi connectivity index (χ2n) is 11.3. The summed E-state index contributed by atoms with van der Waals surface area (Å²) in [7, 11) is 0. The largest absolute Gasteiger partial charge is 0.477 e. The first kappa shape index (κ1) is 39.2. The first-order chi connectivity index (χ1) is 22.0. The number of aliphatic carboxylic acids is 1. The van der Waals surface area contributed by atoms with Gasteiger partial charge in [0.2, 0.25) is 11.8 Å². The molecule has 3 rings (SSSR count). The second-order valence-corrected chi connectivity index (χ2v) is 11.3. The Morgan fingerprint density at radius 3 is 2.11 bits per heavy atom. The Labute approximate surface area is 265 Å². The van der Waals surface area contributed by atoms with Gasteiger partial charge in [-0.05, 0) is 0 Å². The average Bonchev–Trinajstić information content (AvgIpc) is 3.03. The van der Waals surface area contributed by atoms with Gasteiger partial charge in [-0.2, -0.15) is 0 Å². The molecule has 16 atom stereocenters. The first-order valence-corrected chi connectivity index (χ1v) is 14.4. The Morgan fingerprint density at radius 2 is 1.55 bits per heavy atom. The Bertz CT molecular complexity index is 1070. The van der Waals surface area contributed by atoms with Crippen LogP contribution in [-0.4, -0.2) is 203 Å². The van der Waals surface area contributed by atoms with Gasteiger partial charge in [-0.3, -0.25) is 9.59 Å². The maximum absolute atomic E-state index is 12.4. The summed E-state index contributed by atoms with van der Waals surface area (Å²) in [6.07, 6.45) is -25.6. The number of hydrogen-bond acceptors (Lipinski definition) is 19. The molecule has 14 N–H and O–H groups in total. The van der Waals surface area contributed by atoms with Crippen molar-refractivity contribution in [1.82, 2.24) is 10.6 Å². The molecule has 0 radical (unpaired) electrons. The number of hydrogen-bond donors (Lipinski definition) is 14. The summed E-state index contributed by atoms with van der Waals surface area (Å²) >= 11 is 0. The highest BCUT2D eigenvalue weighted by molar-refractivity contribution is 5.78. The number of amides is 2. The van der Waals surface area contributed by atoms with E-state index in [2.05, 4.69) is 10.6 Å². The minimum Gasteiger partial charge on any atom is -0.477 e. The molecular weight excluding hydrogens is 648 g/mol. The highest BCUT2D eigenvalue weighted by atomic mass is 16.8. The van der Waals surface area contributed by atoms with Crippen molar-refractivity contribution in [2.24, 2.45) is 0 Å². The zero-order chi connectivity index (χ0) is 35.4. The van der Waals surface area contributed by atoms with Crippen LogP contribution in [0.15, 0.2) is 0 Å². The normalized spacial score (nSPS) is 42.3. The lowest BCUT2D eigenvalue weighted by atomic mass is 9.88. The van der Waals surface area contributed by atoms with E-state index < -0.39 is 148 Å². The lowest BCUT2D eigenvalue weighted by molar-refractivity contribution is -0.356. The molecule has 0 aliphatic carbocycles. The fraction of sp³-hybridized carbons (Fsp3) is 0.880. The standard InChI is InChI=1S/C25H42N2O20/c1-7(31)26-14-20(17(37)10(4-29)44-22(14)40)46-23-19(39)18(38)16(36)11(45-23)6-43-25(24(41)42)2-8(32)13(27-12(34)5-30)21(47-25)15(35)9(33)3-28/h8-11,13-23,28-30,32-33,35-40H,2-6H2,1H3,(H,26,31)(H,27,34)(H,41,42)/t8-,9+,10+,11+,13+,14+,15+,16-,17-,18-,19+,20+,21+,22-,23-,25?/m0/s1. The summed E-state index contributed by atoms with van der Waals surface area (Å²) in [4.78, 5) is 36.0. The summed E-state index contributed by atoms with van der Waals surface area (Å²) < 4.78 is 27.1. The van der Waals surface area contributed by atoms with Gasteiger partial charge in [0.05, 0.1) is 32.0 Å². The number of nitrogens with one attached hydrogen (secondary N) is 2. The van der Waals surface area contributed by atoms with Gasteiger partial charge in [0, 0.05) is 13.3 Å². The molecule has 22 heteroatoms. The molecule has 0 saturated carbocycles. The van der Waals surface area contributed by atoms with Crippen molar-refractivity contribution < 1.29 is 99.3 Å². The van der Waals surface area contributed by atoms with Crippen molar-refractivity contribution in [2.75, 3.05) is 26.4 Å². The van der Waals surface area contributed by atoms with E-state index in [1.807, 2.05) is 0 Å². The fourth-order valence-corrected chi connectivity index (χ4v) is 5.45. The number of carboxylic acids is 1. The van der Waals surface area contributed by atoms with Gasteiger partial charge in [0.25, 0.3) is 5.79 Å². The van der Waals surface area contributed by atoms with Crippen LogP contribution in [0.1, 0.15) is 13.3 Å². The molecule has 3 saturated heterocycles. The van der Waals surface area contributed by atoms with Crippen molar-refractivity contribution >= 4 is 17.8 Å². The smallest absolute Gasteiger partial charge is 0.364 e. The predicted molar refractivity (Wildman–Crippen MR) is 143 cm³/mol. The molecule has 0 aromatic heterocycles. The van der Waals surface area contributed by atoms with Gasteiger partial charge >= 0.3 is 5.97 Å². The Morgan fingerprint density at radius 1 is 0.894 bits per heavy atom. The number of carbonyl (C=O) groups excluding carboxylic acids is 2. The van der Waals surface area contributed by atoms with Gasteiger partial charge in [-0.25, -0.2) is 4.79 Å². The number of rotatable bonds is 13. The van der Waals surface area contributed by atoms with Crippen LogP contribution in [0.4, 0.5) is 0 Å². The van der Waals surface area contributed by atoms with E-state index in [9.17, 15) is 70.6 Å². The Balaban J connectivity index is 1.85. The molecular formula is C25H42N2O20. The zero-order valence-electron chi connectivity index (χ0n) is 24.8. The van der Waals surface area contributed by atoms with E-state index in [0.29, 0.717) is 0 Å². The van der Waals surface area contributed by atoms with Crippen LogP contribution in [0.2, 0.25) is 0 Å². The maximum atomic E-state index is 12.4. The van der Waals surface area contributed by atoms with E-state index in [1.165, 1.54) is 0 Å². The molecule has 0 aromatic carbocycles. The van der Waals surface area contributed by atoms with Gasteiger partial charge in [0.1, 0.15) is 73.7 Å². The molecule has 0 aromatic rings. The van der Waals surface area contributed by atoms with E-state index in [4.69, 9.17) is 28.8 Å². The summed E-state index contributed by atoms with van der Waals surface area (Å²) in [5.74, 6) is -6.63. The quantitative estimate of drug-likeness (QED) is 0.0852. The van der Waals surface area contributed by atoms with Gasteiger partial charge in [-0.15, -0.1) is 0 Å². The number of ether oxygens (including phenoxy) is 5. The summed E-state index contributed by atoms with van der Waals surface area (Å²) in [5, 5.41) is 126. The van der Waals surface area contributed by atoms with Crippen LogP contribution in [-0.2, 0) is 38.1 Å². The maximum Gasteiger partial charge on any atom is 0.364 e. The zero-order valence-corrected chi connectivity index (χ0v) is 24.8. The number of aliphatic hydroxyl groups excluding tert-OH is 11. The Hall–Kier alpha value is -2.23. The van der Waals surface area contributed by atoms with E-state index in [0.717, 1.165) is 6.92 Å². The molecule has 3 fully saturated rings. The van der Waals surface area contributed by atoms with Crippen LogP contribution >= 0.6 is 0 Å². The second kappa shape index (κ2) is 16.4. The molecule has 3 aliphatic rings. The SMILES string of the molecule is CC(=O)N[C@@H]1[C@@H](O[C@@H]2O[C@H](COC3(C(=O)O)C[C@H](O)[C@@H](NC(=O)CO)[C@H]([C@H](O)[C@H](O)CO)O3)[C@H](O)[C@H](O)[C@H]2O)[C@@H](O)[C@@H](CO)O[C@@H]1O. The first-order valence-electron chi connectivity index (χ1n) is 14.4. The van der Waals surface area contributed by atoms with Gasteiger partial charge < -0.3 is 95.6 Å². The van der Waals surface area contributed by atoms with Crippen LogP contribution in [0.5, 0.6) is 0 Å². The number of carbonyl (C=O) groups is 3. The summed E-state index contributed by atoms with van der Waals surface area (Å²) in [6, 6.07) is -3.15. The van der Waals surface area contributed by atoms with Crippen molar-refractivity contribution in [3.8, 4) is 0 Å². The van der Waals surface area contributed by atoms with Gasteiger partial charge in [0.15, 0.2) is 12.6 Å². The van der Waals surface area contributed by atoms with Crippen molar-refractivity contribution in [3.05, 3.63) is 0 Å². The summed E-state index contributed by atoms with van der Waals surface area (Å²) in [5.41, 5.74) is 0. The highest BCUT2D eigenvalue weighted by Crippen LogP contribution is 2.35. The molecule has 272 valence electrons. The fourth-order valence-electron chi connectivity index (χ4n) is 5.45. The Kier molecular flexibility index (Phi) is 13.7. The predicted octanol–water partition coefficient (Wildman–Crippen LogP) is -9.11. The van der Waals surface area contributed by atoms with Gasteiger partial charge in [-0.1, -0.05) is 0 Å². The molecule has 0 spiro atoms. The molecule has 47 heavy (non-hydrogen) atoms. The molecule has 22 nitrogen and oxygen atoms in total.